The molecule has 0 saturated carbocycles. The number of hydrogen-bond acceptors (Lipinski definition) is 3. The Balaban J connectivity index is 2.80. The number of aliphatic carboxylic acids is 1. The number of carboxylic acid groups (broad SMARTS) is 1. The van der Waals surface area contributed by atoms with E-state index >= 15 is 0 Å². The van der Waals surface area contributed by atoms with Gasteiger partial charge < -0.3 is 5.11 Å². The molecule has 1 aromatic carbocycles. The van der Waals surface area contributed by atoms with E-state index in [9.17, 15) is 14.0 Å². The van der Waals surface area contributed by atoms with Crippen LogP contribution < -0.4 is 5.56 Å². The van der Waals surface area contributed by atoms with E-state index in [4.69, 9.17) is 5.11 Å². The van der Waals surface area contributed by atoms with Crippen molar-refractivity contribution in [3.05, 3.63) is 40.8 Å². The highest BCUT2D eigenvalue weighted by atomic mass is 19.1. The van der Waals surface area contributed by atoms with Crippen molar-refractivity contribution in [1.82, 2.24) is 9.55 Å². The molecule has 1 unspecified atom stereocenters. The summed E-state index contributed by atoms with van der Waals surface area (Å²) >= 11 is 0. The molecular weight excluding hydrogens is 215 g/mol. The first-order valence-electron chi connectivity index (χ1n) is 4.44. The van der Waals surface area contributed by atoms with E-state index < -0.39 is 17.8 Å². The molecular formula is C10H7FN2O3. The molecule has 1 N–H and O–H groups in total. The van der Waals surface area contributed by atoms with Gasteiger partial charge in [0.15, 0.2) is 0 Å². The minimum Gasteiger partial charge on any atom is -0.478 e. The number of carbonyl (C=O) groups is 1. The van der Waals surface area contributed by atoms with Crippen LogP contribution >= 0.6 is 0 Å². The van der Waals surface area contributed by atoms with Gasteiger partial charge in [-0.05, 0) is 12.1 Å². The average Bonchev–Trinajstić information content (AvgIpc) is 2.28. The summed E-state index contributed by atoms with van der Waals surface area (Å²) in [7, 11) is 0. The van der Waals surface area contributed by atoms with E-state index in [1.54, 1.807) is 18.2 Å². The van der Waals surface area contributed by atoms with Gasteiger partial charge in [0, 0.05) is 0 Å². The van der Waals surface area contributed by atoms with Gasteiger partial charge in [-0.25, -0.2) is 14.2 Å². The van der Waals surface area contributed by atoms with Crippen LogP contribution in [-0.4, -0.2) is 20.6 Å². The number of fused-ring (bicyclic) bond motifs is 1. The van der Waals surface area contributed by atoms with E-state index in [2.05, 4.69) is 4.98 Å². The van der Waals surface area contributed by atoms with Crippen molar-refractivity contribution in [2.24, 2.45) is 0 Å². The molecule has 1 atom stereocenters. The molecule has 2 rings (SSSR count). The van der Waals surface area contributed by atoms with Crippen LogP contribution in [0.15, 0.2) is 35.3 Å². The fraction of sp³-hybridized carbons (Fsp3) is 0.100. The smallest absolute Gasteiger partial charge is 0.360 e. The van der Waals surface area contributed by atoms with Gasteiger partial charge in [-0.2, -0.15) is 0 Å². The lowest BCUT2D eigenvalue weighted by atomic mass is 10.3. The van der Waals surface area contributed by atoms with Crippen molar-refractivity contribution >= 4 is 17.0 Å². The quantitative estimate of drug-likeness (QED) is 0.821. The molecule has 16 heavy (non-hydrogen) atoms. The number of aromatic nitrogens is 2. The largest absolute Gasteiger partial charge is 0.478 e. The van der Waals surface area contributed by atoms with E-state index in [0.29, 0.717) is 10.1 Å². The number of benzene rings is 1. The molecule has 5 nitrogen and oxygen atoms in total. The lowest BCUT2D eigenvalue weighted by Crippen LogP contribution is -2.27. The van der Waals surface area contributed by atoms with Crippen LogP contribution in [0, 0.1) is 0 Å². The van der Waals surface area contributed by atoms with Crippen LogP contribution in [0.1, 0.15) is 6.30 Å². The molecule has 1 aromatic heterocycles. The lowest BCUT2D eigenvalue weighted by Gasteiger charge is -2.10. The van der Waals surface area contributed by atoms with E-state index in [1.165, 1.54) is 6.07 Å². The maximum absolute atomic E-state index is 13.4. The predicted molar refractivity (Wildman–Crippen MR) is 53.8 cm³/mol. The lowest BCUT2D eigenvalue weighted by molar-refractivity contribution is -0.146. The Labute approximate surface area is 88.8 Å². The van der Waals surface area contributed by atoms with Gasteiger partial charge in [0.1, 0.15) is 0 Å². The SMILES string of the molecule is O=C(O)C(F)n1c(=O)cnc2ccccc21. The van der Waals surface area contributed by atoms with Gasteiger partial charge in [-0.15, -0.1) is 0 Å². The van der Waals surface area contributed by atoms with Gasteiger partial charge in [0.25, 0.3) is 11.9 Å². The molecule has 0 spiro atoms. The summed E-state index contributed by atoms with van der Waals surface area (Å²) in [4.78, 5) is 25.7. The molecule has 0 amide bonds. The summed E-state index contributed by atoms with van der Waals surface area (Å²) in [5, 5.41) is 8.56. The van der Waals surface area contributed by atoms with Gasteiger partial charge in [0.2, 0.25) is 0 Å². The van der Waals surface area contributed by atoms with Crippen molar-refractivity contribution in [2.45, 2.75) is 6.30 Å². The van der Waals surface area contributed by atoms with Crippen molar-refractivity contribution in [3.8, 4) is 0 Å². The standard InChI is InChI=1S/C10H7FN2O3/c11-9(10(15)16)13-7-4-2-1-3-6(7)12-5-8(13)14/h1-5,9H,(H,15,16). The summed E-state index contributed by atoms with van der Waals surface area (Å²) in [5.74, 6) is -1.71. The summed E-state index contributed by atoms with van der Waals surface area (Å²) in [6.07, 6.45) is -1.50. The van der Waals surface area contributed by atoms with Gasteiger partial charge in [0.05, 0.1) is 17.2 Å². The van der Waals surface area contributed by atoms with Crippen LogP contribution in [0.25, 0.3) is 11.0 Å². The maximum atomic E-state index is 13.4. The Hall–Kier alpha value is -2.24. The number of hydrogen-bond donors (Lipinski definition) is 1. The number of nitrogens with zero attached hydrogens (tertiary/aromatic N) is 2. The van der Waals surface area contributed by atoms with Crippen molar-refractivity contribution in [2.75, 3.05) is 0 Å². The summed E-state index contributed by atoms with van der Waals surface area (Å²) in [5.41, 5.74) is -0.260. The summed E-state index contributed by atoms with van der Waals surface area (Å²) in [6.45, 7) is 0. The molecule has 0 aliphatic rings. The molecule has 0 bridgehead atoms. The number of para-hydroxylation sites is 2. The van der Waals surface area contributed by atoms with Crippen LogP contribution in [0.2, 0.25) is 0 Å². The molecule has 82 valence electrons. The van der Waals surface area contributed by atoms with E-state index in [1.807, 2.05) is 0 Å². The Morgan fingerprint density at radius 2 is 2.12 bits per heavy atom. The Morgan fingerprint density at radius 3 is 2.81 bits per heavy atom. The predicted octanol–water partition coefficient (Wildman–Crippen LogP) is 0.949. The highest BCUT2D eigenvalue weighted by molar-refractivity contribution is 5.78. The number of alkyl halides is 1. The van der Waals surface area contributed by atoms with Crippen molar-refractivity contribution < 1.29 is 14.3 Å². The third-order valence-corrected chi connectivity index (χ3v) is 2.12. The maximum Gasteiger partial charge on any atom is 0.360 e. The highest BCUT2D eigenvalue weighted by Crippen LogP contribution is 2.14. The van der Waals surface area contributed by atoms with Crippen molar-refractivity contribution in [3.63, 3.8) is 0 Å². The van der Waals surface area contributed by atoms with Crippen LogP contribution in [0.3, 0.4) is 0 Å². The third kappa shape index (κ3) is 1.54. The summed E-state index contributed by atoms with van der Waals surface area (Å²) < 4.78 is 13.9. The van der Waals surface area contributed by atoms with E-state index in [0.717, 1.165) is 6.20 Å². The Bertz CT molecular complexity index is 608. The molecule has 6 heteroatoms. The normalized spacial score (nSPS) is 12.6. The molecule has 2 aromatic rings. The first kappa shape index (κ1) is 10.3. The number of carboxylic acids is 1. The van der Waals surface area contributed by atoms with Gasteiger partial charge >= 0.3 is 5.97 Å². The van der Waals surface area contributed by atoms with Crippen LogP contribution in [0.4, 0.5) is 4.39 Å². The fourth-order valence-corrected chi connectivity index (χ4v) is 1.43. The second-order valence-corrected chi connectivity index (χ2v) is 3.13. The Kier molecular flexibility index (Phi) is 2.40. The zero-order valence-corrected chi connectivity index (χ0v) is 8.00. The summed E-state index contributed by atoms with van der Waals surface area (Å²) in [6, 6.07) is 6.26. The second-order valence-electron chi connectivity index (χ2n) is 3.13. The number of halogens is 1. The second kappa shape index (κ2) is 3.73. The van der Waals surface area contributed by atoms with Crippen LogP contribution in [-0.2, 0) is 4.79 Å². The Morgan fingerprint density at radius 1 is 1.44 bits per heavy atom. The molecule has 0 fully saturated rings. The van der Waals surface area contributed by atoms with Crippen molar-refractivity contribution in [1.29, 1.82) is 0 Å². The zero-order chi connectivity index (χ0) is 11.7. The average molecular weight is 222 g/mol. The van der Waals surface area contributed by atoms with E-state index in [-0.39, 0.29) is 5.52 Å². The minimum absolute atomic E-state index is 0.157. The molecule has 0 radical (unpaired) electrons. The molecule has 0 saturated heterocycles. The zero-order valence-electron chi connectivity index (χ0n) is 8.00. The van der Waals surface area contributed by atoms with Gasteiger partial charge in [-0.3, -0.25) is 9.36 Å². The first-order chi connectivity index (χ1) is 7.61. The minimum atomic E-state index is -2.40. The first-order valence-corrected chi connectivity index (χ1v) is 4.44. The molecule has 0 aliphatic heterocycles. The number of rotatable bonds is 2. The highest BCUT2D eigenvalue weighted by Gasteiger charge is 2.21. The molecule has 1 heterocycles. The topological polar surface area (TPSA) is 72.2 Å². The van der Waals surface area contributed by atoms with Crippen LogP contribution in [0.5, 0.6) is 0 Å². The third-order valence-electron chi connectivity index (χ3n) is 2.12. The monoisotopic (exact) mass is 222 g/mol. The molecule has 0 aliphatic carbocycles. The van der Waals surface area contributed by atoms with Gasteiger partial charge in [-0.1, -0.05) is 12.1 Å². The fourth-order valence-electron chi connectivity index (χ4n) is 1.43.